The second kappa shape index (κ2) is 9.90. The van der Waals surface area contributed by atoms with Gasteiger partial charge in [-0.2, -0.15) is 8.78 Å². The third-order valence-corrected chi connectivity index (χ3v) is 4.41. The number of nitrogens with one attached hydrogen (secondary N) is 1. The molecule has 1 heterocycles. The lowest BCUT2D eigenvalue weighted by Crippen LogP contribution is -2.41. The van der Waals surface area contributed by atoms with Crippen molar-refractivity contribution < 1.29 is 23.0 Å². The summed E-state index contributed by atoms with van der Waals surface area (Å²) in [5.41, 5.74) is 4.35. The Morgan fingerprint density at radius 1 is 1.27 bits per heavy atom. The monoisotopic (exact) mass is 426 g/mol. The predicted octanol–water partition coefficient (Wildman–Crippen LogP) is 2.20. The lowest BCUT2D eigenvalue weighted by atomic mass is 10.1. The van der Waals surface area contributed by atoms with E-state index < -0.39 is 23.8 Å². The van der Waals surface area contributed by atoms with Crippen molar-refractivity contribution in [1.82, 2.24) is 9.55 Å². The van der Waals surface area contributed by atoms with Crippen molar-refractivity contribution >= 4 is 17.4 Å². The van der Waals surface area contributed by atoms with Crippen LogP contribution in [0.25, 0.3) is 0 Å². The maximum atomic E-state index is 13.1. The molecule has 2 rings (SSSR count). The number of aromatic amines is 1. The van der Waals surface area contributed by atoms with Crippen molar-refractivity contribution in [1.29, 1.82) is 0 Å². The first-order valence-electron chi connectivity index (χ1n) is 9.32. The highest BCUT2D eigenvalue weighted by Crippen LogP contribution is 2.30. The molecule has 1 aromatic carbocycles. The Balaban J connectivity index is 2.54. The van der Waals surface area contributed by atoms with Gasteiger partial charge in [0.2, 0.25) is 0 Å². The second-order valence-corrected chi connectivity index (χ2v) is 6.29. The molecule has 0 fully saturated rings. The van der Waals surface area contributed by atoms with Crippen molar-refractivity contribution in [2.75, 3.05) is 24.3 Å². The highest BCUT2D eigenvalue weighted by molar-refractivity contribution is 6.07. The molecule has 164 valence electrons. The number of hydrogen-bond donors (Lipinski definition) is 2. The molecule has 0 saturated carbocycles. The number of nitrogen functional groups attached to an aromatic ring is 1. The van der Waals surface area contributed by atoms with E-state index in [0.29, 0.717) is 6.42 Å². The van der Waals surface area contributed by atoms with Crippen LogP contribution in [0.3, 0.4) is 0 Å². The summed E-state index contributed by atoms with van der Waals surface area (Å²) in [5.74, 6) is -1.15. The molecule has 0 radical (unpaired) electrons. The Labute approximate surface area is 171 Å². The summed E-state index contributed by atoms with van der Waals surface area (Å²) in [4.78, 5) is 40.9. The molecule has 0 aliphatic heterocycles. The smallest absolute Gasteiger partial charge is 0.387 e. The number of H-pyrrole nitrogens is 1. The van der Waals surface area contributed by atoms with Gasteiger partial charge in [0.05, 0.1) is 7.11 Å². The summed E-state index contributed by atoms with van der Waals surface area (Å²) in [6.07, 6.45) is 1.43. The maximum absolute atomic E-state index is 13.1. The zero-order chi connectivity index (χ0) is 22.4. The first kappa shape index (κ1) is 22.9. The molecule has 0 bridgehead atoms. The number of halogens is 2. The van der Waals surface area contributed by atoms with Gasteiger partial charge in [0.25, 0.3) is 11.5 Å². The van der Waals surface area contributed by atoms with Crippen LogP contribution in [-0.2, 0) is 6.54 Å². The van der Waals surface area contributed by atoms with Gasteiger partial charge in [-0.25, -0.2) is 4.79 Å². The number of unbranched alkanes of at least 4 members (excludes halogenated alkanes) is 1. The summed E-state index contributed by atoms with van der Waals surface area (Å²) in [6, 6.07) is 3.74. The molecule has 0 aliphatic rings. The summed E-state index contributed by atoms with van der Waals surface area (Å²) in [7, 11) is 1.27. The van der Waals surface area contributed by atoms with Gasteiger partial charge in [0, 0.05) is 18.7 Å². The van der Waals surface area contributed by atoms with E-state index in [0.717, 1.165) is 17.4 Å². The fourth-order valence-corrected chi connectivity index (χ4v) is 2.93. The quantitative estimate of drug-likeness (QED) is 0.634. The number of benzene rings is 1. The molecule has 2 aromatic rings. The summed E-state index contributed by atoms with van der Waals surface area (Å²) >= 11 is 0. The van der Waals surface area contributed by atoms with Gasteiger partial charge in [-0.15, -0.1) is 0 Å². The largest absolute Gasteiger partial charge is 0.493 e. The Bertz CT molecular complexity index is 1020. The minimum Gasteiger partial charge on any atom is -0.493 e. The number of carbonyl (C=O) groups is 1. The van der Waals surface area contributed by atoms with Gasteiger partial charge < -0.3 is 20.1 Å². The Kier molecular flexibility index (Phi) is 7.56. The highest BCUT2D eigenvalue weighted by atomic mass is 19.3. The number of aromatic nitrogens is 2. The van der Waals surface area contributed by atoms with Crippen molar-refractivity contribution in [3.05, 3.63) is 44.6 Å². The number of methoxy groups -OCH3 is 1. The van der Waals surface area contributed by atoms with Crippen LogP contribution in [0.4, 0.5) is 20.3 Å². The molecule has 1 amide bonds. The standard InChI is InChI=1S/C19H24F2N4O5/c1-4-6-9-25-15(22)14(16(26)23-19(25)28)24(5-2)17(27)11-7-8-12(29-3)13(10-11)30-18(20)21/h7-8,10,18H,4-6,9,22H2,1-3H3,(H,23,26,28). The molecule has 3 N–H and O–H groups in total. The molecule has 1 aromatic heterocycles. The van der Waals surface area contributed by atoms with Crippen LogP contribution in [0, 0.1) is 0 Å². The number of alkyl halides is 2. The van der Waals surface area contributed by atoms with E-state index in [4.69, 9.17) is 10.5 Å². The van der Waals surface area contributed by atoms with E-state index >= 15 is 0 Å². The van der Waals surface area contributed by atoms with Gasteiger partial charge >= 0.3 is 12.3 Å². The van der Waals surface area contributed by atoms with E-state index in [-0.39, 0.29) is 41.7 Å². The number of rotatable bonds is 9. The van der Waals surface area contributed by atoms with E-state index in [2.05, 4.69) is 9.72 Å². The molecule has 9 nitrogen and oxygen atoms in total. The zero-order valence-electron chi connectivity index (χ0n) is 16.9. The first-order chi connectivity index (χ1) is 14.2. The molecular weight excluding hydrogens is 402 g/mol. The number of ether oxygens (including phenoxy) is 2. The Morgan fingerprint density at radius 3 is 2.53 bits per heavy atom. The summed E-state index contributed by atoms with van der Waals surface area (Å²) < 4.78 is 35.9. The lowest BCUT2D eigenvalue weighted by Gasteiger charge is -2.23. The number of amides is 1. The molecular formula is C19H24F2N4O5. The Hall–Kier alpha value is -3.37. The van der Waals surface area contributed by atoms with Crippen molar-refractivity contribution in [2.45, 2.75) is 39.8 Å². The molecule has 0 saturated heterocycles. The van der Waals surface area contributed by atoms with Crippen LogP contribution in [0.1, 0.15) is 37.0 Å². The average molecular weight is 426 g/mol. The van der Waals surface area contributed by atoms with Crippen molar-refractivity contribution in [3.63, 3.8) is 0 Å². The van der Waals surface area contributed by atoms with Gasteiger partial charge in [0.15, 0.2) is 17.2 Å². The normalized spacial score (nSPS) is 10.9. The SMILES string of the molecule is CCCCn1c(N)c(N(CC)C(=O)c2ccc(OC)c(OC(F)F)c2)c(=O)[nH]c1=O. The summed E-state index contributed by atoms with van der Waals surface area (Å²) in [5, 5.41) is 0. The molecule has 0 unspecified atom stereocenters. The predicted molar refractivity (Wildman–Crippen MR) is 108 cm³/mol. The highest BCUT2D eigenvalue weighted by Gasteiger charge is 2.25. The molecule has 30 heavy (non-hydrogen) atoms. The van der Waals surface area contributed by atoms with Crippen LogP contribution >= 0.6 is 0 Å². The van der Waals surface area contributed by atoms with Crippen LogP contribution < -0.4 is 31.4 Å². The van der Waals surface area contributed by atoms with Gasteiger partial charge in [-0.1, -0.05) is 13.3 Å². The number of anilines is 2. The van der Waals surface area contributed by atoms with Gasteiger partial charge in [-0.05, 0) is 31.5 Å². The van der Waals surface area contributed by atoms with E-state index in [1.54, 1.807) is 6.92 Å². The molecule has 0 spiro atoms. The van der Waals surface area contributed by atoms with Crippen molar-refractivity contribution in [2.24, 2.45) is 0 Å². The number of carbonyl (C=O) groups excluding carboxylic acids is 1. The number of nitrogens with two attached hydrogens (primary N) is 1. The maximum Gasteiger partial charge on any atom is 0.387 e. The van der Waals surface area contributed by atoms with E-state index in [1.807, 2.05) is 6.92 Å². The lowest BCUT2D eigenvalue weighted by molar-refractivity contribution is -0.0512. The van der Waals surface area contributed by atoms with Gasteiger partial charge in [0.1, 0.15) is 5.82 Å². The Morgan fingerprint density at radius 2 is 1.97 bits per heavy atom. The summed E-state index contributed by atoms with van der Waals surface area (Å²) in [6.45, 7) is 0.726. The average Bonchev–Trinajstić information content (AvgIpc) is 2.69. The third-order valence-electron chi connectivity index (χ3n) is 4.41. The minimum absolute atomic E-state index is 0.0142. The molecule has 0 atom stereocenters. The fourth-order valence-electron chi connectivity index (χ4n) is 2.93. The number of nitrogens with zero attached hydrogens (tertiary/aromatic N) is 2. The fraction of sp³-hybridized carbons (Fsp3) is 0.421. The third kappa shape index (κ3) is 4.78. The van der Waals surface area contributed by atoms with Crippen LogP contribution in [-0.4, -0.2) is 35.7 Å². The first-order valence-corrected chi connectivity index (χ1v) is 9.32. The zero-order valence-corrected chi connectivity index (χ0v) is 16.9. The van der Waals surface area contributed by atoms with E-state index in [9.17, 15) is 23.2 Å². The van der Waals surface area contributed by atoms with Gasteiger partial charge in [-0.3, -0.25) is 19.1 Å². The topological polar surface area (TPSA) is 120 Å². The molecule has 0 aliphatic carbocycles. The van der Waals surface area contributed by atoms with Crippen LogP contribution in [0.5, 0.6) is 11.5 Å². The van der Waals surface area contributed by atoms with Crippen LogP contribution in [0.2, 0.25) is 0 Å². The van der Waals surface area contributed by atoms with Crippen LogP contribution in [0.15, 0.2) is 27.8 Å². The van der Waals surface area contributed by atoms with E-state index in [1.165, 1.54) is 23.8 Å². The molecule has 11 heteroatoms. The second-order valence-electron chi connectivity index (χ2n) is 6.29. The minimum atomic E-state index is -3.12. The number of hydrogen-bond acceptors (Lipinski definition) is 6. The van der Waals surface area contributed by atoms with Crippen molar-refractivity contribution in [3.8, 4) is 11.5 Å².